The summed E-state index contributed by atoms with van der Waals surface area (Å²) in [6, 6.07) is 10.3. The molecule has 0 heterocycles. The van der Waals surface area contributed by atoms with Gasteiger partial charge in [-0.25, -0.2) is 0 Å². The normalized spacial score (nSPS) is 14.8. The van der Waals surface area contributed by atoms with Gasteiger partial charge in [-0.3, -0.25) is 4.79 Å². The quantitative estimate of drug-likeness (QED) is 0.423. The van der Waals surface area contributed by atoms with E-state index in [0.29, 0.717) is 0 Å². The van der Waals surface area contributed by atoms with E-state index in [2.05, 4.69) is 45.1 Å². The Morgan fingerprint density at radius 3 is 2.28 bits per heavy atom. The zero-order valence-corrected chi connectivity index (χ0v) is 11.7. The number of benzene rings is 1. The fourth-order valence-electron chi connectivity index (χ4n) is 2.03. The molecular weight excluding hydrogens is 220 g/mol. The van der Waals surface area contributed by atoms with Crippen LogP contribution in [0.15, 0.2) is 53.6 Å². The fourth-order valence-corrected chi connectivity index (χ4v) is 2.03. The molecular formula is C17H22O. The maximum absolute atomic E-state index is 10.9. The number of allylic oxidation sites excluding steroid dienone is 4. The molecule has 0 aromatic heterocycles. The van der Waals surface area contributed by atoms with Crippen LogP contribution in [0.3, 0.4) is 0 Å². The first-order valence-corrected chi connectivity index (χ1v) is 6.31. The summed E-state index contributed by atoms with van der Waals surface area (Å²) >= 11 is 0. The van der Waals surface area contributed by atoms with Gasteiger partial charge < -0.3 is 0 Å². The minimum Gasteiger partial charge on any atom is -0.298 e. The molecule has 1 aromatic carbocycles. The third-order valence-corrected chi connectivity index (χ3v) is 3.10. The highest BCUT2D eigenvalue weighted by Gasteiger charge is 2.22. The molecule has 0 aliphatic carbocycles. The highest BCUT2D eigenvalue weighted by atomic mass is 16.1. The lowest BCUT2D eigenvalue weighted by molar-refractivity contribution is -0.104. The SMILES string of the molecule is CC(C)=CCC(C)(C=C(C)C=O)c1ccccc1. The lowest BCUT2D eigenvalue weighted by atomic mass is 9.78. The van der Waals surface area contributed by atoms with Crippen molar-refractivity contribution in [2.75, 3.05) is 0 Å². The Morgan fingerprint density at radius 1 is 1.17 bits per heavy atom. The standard InChI is InChI=1S/C17H22O/c1-14(2)10-11-17(4,12-15(3)13-18)16-8-6-5-7-9-16/h5-10,12-13H,11H2,1-4H3. The predicted octanol–water partition coefficient (Wildman–Crippen LogP) is 4.45. The first-order valence-electron chi connectivity index (χ1n) is 6.31. The third-order valence-electron chi connectivity index (χ3n) is 3.10. The second kappa shape index (κ2) is 6.34. The lowest BCUT2D eigenvalue weighted by Crippen LogP contribution is -2.19. The van der Waals surface area contributed by atoms with Crippen LogP contribution >= 0.6 is 0 Å². The number of carbonyl (C=O) groups is 1. The van der Waals surface area contributed by atoms with Crippen molar-refractivity contribution in [1.82, 2.24) is 0 Å². The smallest absolute Gasteiger partial charge is 0.145 e. The van der Waals surface area contributed by atoms with Crippen LogP contribution in [0, 0.1) is 0 Å². The number of hydrogen-bond donors (Lipinski definition) is 0. The fraction of sp³-hybridized carbons (Fsp3) is 0.353. The lowest BCUT2D eigenvalue weighted by Gasteiger charge is -2.26. The van der Waals surface area contributed by atoms with Gasteiger partial charge in [-0.05, 0) is 38.3 Å². The van der Waals surface area contributed by atoms with E-state index < -0.39 is 0 Å². The van der Waals surface area contributed by atoms with Gasteiger partial charge in [0.1, 0.15) is 6.29 Å². The molecule has 0 spiro atoms. The van der Waals surface area contributed by atoms with E-state index in [1.165, 1.54) is 11.1 Å². The third kappa shape index (κ3) is 3.99. The highest BCUT2D eigenvalue weighted by Crippen LogP contribution is 2.31. The molecule has 0 radical (unpaired) electrons. The van der Waals surface area contributed by atoms with Crippen molar-refractivity contribution in [2.45, 2.75) is 39.5 Å². The van der Waals surface area contributed by atoms with Crippen LogP contribution in [0.1, 0.15) is 39.7 Å². The van der Waals surface area contributed by atoms with Crippen LogP contribution in [0.25, 0.3) is 0 Å². The van der Waals surface area contributed by atoms with Crippen LogP contribution < -0.4 is 0 Å². The van der Waals surface area contributed by atoms with E-state index in [0.717, 1.165) is 18.3 Å². The van der Waals surface area contributed by atoms with E-state index in [1.807, 2.05) is 25.1 Å². The van der Waals surface area contributed by atoms with Crippen LogP contribution in [-0.2, 0) is 10.2 Å². The molecule has 18 heavy (non-hydrogen) atoms. The molecule has 1 rings (SSSR count). The number of aldehydes is 1. The van der Waals surface area contributed by atoms with E-state index >= 15 is 0 Å². The summed E-state index contributed by atoms with van der Waals surface area (Å²) in [5.41, 5.74) is 3.20. The molecule has 1 nitrogen and oxygen atoms in total. The van der Waals surface area contributed by atoms with Crippen molar-refractivity contribution >= 4 is 6.29 Å². The Balaban J connectivity index is 3.17. The van der Waals surface area contributed by atoms with Crippen LogP contribution in [0.2, 0.25) is 0 Å². The summed E-state index contributed by atoms with van der Waals surface area (Å²) in [6.07, 6.45) is 6.12. The predicted molar refractivity (Wildman–Crippen MR) is 77.7 cm³/mol. The summed E-state index contributed by atoms with van der Waals surface area (Å²) in [7, 11) is 0. The van der Waals surface area contributed by atoms with Gasteiger partial charge in [-0.1, -0.05) is 55.0 Å². The topological polar surface area (TPSA) is 17.1 Å². The summed E-state index contributed by atoms with van der Waals surface area (Å²) < 4.78 is 0. The zero-order valence-electron chi connectivity index (χ0n) is 11.7. The van der Waals surface area contributed by atoms with Gasteiger partial charge in [0, 0.05) is 5.41 Å². The summed E-state index contributed by atoms with van der Waals surface area (Å²) in [4.78, 5) is 10.9. The second-order valence-corrected chi connectivity index (χ2v) is 5.28. The zero-order chi connectivity index (χ0) is 13.6. The average Bonchev–Trinajstić information content (AvgIpc) is 2.37. The van der Waals surface area contributed by atoms with E-state index in [4.69, 9.17) is 0 Å². The van der Waals surface area contributed by atoms with Gasteiger partial charge in [-0.2, -0.15) is 0 Å². The number of rotatable bonds is 5. The van der Waals surface area contributed by atoms with Crippen LogP contribution in [0.5, 0.6) is 0 Å². The Kier molecular flexibility index (Phi) is 5.08. The Hall–Kier alpha value is -1.63. The minimum atomic E-state index is -0.122. The molecule has 0 amide bonds. The first-order chi connectivity index (χ1) is 8.48. The minimum absolute atomic E-state index is 0.122. The van der Waals surface area contributed by atoms with Gasteiger partial charge >= 0.3 is 0 Å². The van der Waals surface area contributed by atoms with Crippen LogP contribution in [0.4, 0.5) is 0 Å². The van der Waals surface area contributed by atoms with Crippen molar-refractivity contribution in [3.63, 3.8) is 0 Å². The van der Waals surface area contributed by atoms with Gasteiger partial charge in [0.25, 0.3) is 0 Å². The van der Waals surface area contributed by atoms with Gasteiger partial charge in [0.15, 0.2) is 0 Å². The van der Waals surface area contributed by atoms with E-state index in [-0.39, 0.29) is 5.41 Å². The molecule has 1 atom stereocenters. The summed E-state index contributed by atoms with van der Waals surface area (Å²) in [5.74, 6) is 0. The van der Waals surface area contributed by atoms with Gasteiger partial charge in [0.2, 0.25) is 0 Å². The van der Waals surface area contributed by atoms with Crippen molar-refractivity contribution in [2.24, 2.45) is 0 Å². The maximum Gasteiger partial charge on any atom is 0.145 e. The van der Waals surface area contributed by atoms with Crippen molar-refractivity contribution in [3.8, 4) is 0 Å². The molecule has 0 fully saturated rings. The summed E-state index contributed by atoms with van der Waals surface area (Å²) in [5, 5.41) is 0. The maximum atomic E-state index is 10.9. The Labute approximate surface area is 110 Å². The molecule has 0 bridgehead atoms. The molecule has 1 aromatic rings. The molecule has 0 aliphatic heterocycles. The molecule has 1 unspecified atom stereocenters. The molecule has 0 saturated carbocycles. The molecule has 0 N–H and O–H groups in total. The largest absolute Gasteiger partial charge is 0.298 e. The number of hydrogen-bond acceptors (Lipinski definition) is 1. The van der Waals surface area contributed by atoms with Crippen molar-refractivity contribution in [1.29, 1.82) is 0 Å². The van der Waals surface area contributed by atoms with Gasteiger partial charge in [0.05, 0.1) is 0 Å². The van der Waals surface area contributed by atoms with E-state index in [1.54, 1.807) is 0 Å². The highest BCUT2D eigenvalue weighted by molar-refractivity contribution is 5.72. The Morgan fingerprint density at radius 2 is 1.78 bits per heavy atom. The first kappa shape index (κ1) is 14.4. The second-order valence-electron chi connectivity index (χ2n) is 5.28. The average molecular weight is 242 g/mol. The van der Waals surface area contributed by atoms with Crippen LogP contribution in [-0.4, -0.2) is 6.29 Å². The summed E-state index contributed by atoms with van der Waals surface area (Å²) in [6.45, 7) is 8.23. The molecule has 0 aliphatic rings. The van der Waals surface area contributed by atoms with Crippen molar-refractivity contribution in [3.05, 3.63) is 59.2 Å². The Bertz CT molecular complexity index is 450. The van der Waals surface area contributed by atoms with E-state index in [9.17, 15) is 4.79 Å². The molecule has 1 heteroatoms. The molecule has 0 saturated heterocycles. The van der Waals surface area contributed by atoms with Crippen molar-refractivity contribution < 1.29 is 4.79 Å². The molecule has 96 valence electrons. The monoisotopic (exact) mass is 242 g/mol. The number of carbonyl (C=O) groups excluding carboxylic acids is 1. The van der Waals surface area contributed by atoms with Gasteiger partial charge in [-0.15, -0.1) is 0 Å².